The van der Waals surface area contributed by atoms with Gasteiger partial charge in [0.05, 0.1) is 14.2 Å². The van der Waals surface area contributed by atoms with Crippen LogP contribution in [0.5, 0.6) is 11.5 Å². The second-order valence-electron chi connectivity index (χ2n) is 10.7. The summed E-state index contributed by atoms with van der Waals surface area (Å²) in [5.74, 6) is 2.68. The van der Waals surface area contributed by atoms with Gasteiger partial charge < -0.3 is 19.7 Å². The summed E-state index contributed by atoms with van der Waals surface area (Å²) in [6, 6.07) is 36.0. The lowest BCUT2D eigenvalue weighted by molar-refractivity contribution is 0.0954. The number of thioether (sulfide) groups is 1. The fourth-order valence-corrected chi connectivity index (χ4v) is 5.99. The molecule has 0 unspecified atom stereocenters. The Morgan fingerprint density at radius 1 is 0.761 bits per heavy atom. The van der Waals surface area contributed by atoms with E-state index in [2.05, 4.69) is 51.6 Å². The van der Waals surface area contributed by atoms with Crippen LogP contribution in [0.2, 0.25) is 5.15 Å². The molecular weight excluding hydrogens is 616 g/mol. The van der Waals surface area contributed by atoms with Gasteiger partial charge >= 0.3 is 0 Å². The normalized spacial score (nSPS) is 10.8. The third-order valence-corrected chi connectivity index (χ3v) is 8.56. The van der Waals surface area contributed by atoms with E-state index in [1.54, 1.807) is 14.2 Å². The average Bonchev–Trinajstić information content (AvgIpc) is 3.10. The Hall–Kier alpha value is -4.53. The molecule has 1 heterocycles. The molecule has 0 aliphatic rings. The molecule has 7 nitrogen and oxygen atoms in total. The van der Waals surface area contributed by atoms with Crippen LogP contribution in [0.15, 0.2) is 114 Å². The number of hydrogen-bond donors (Lipinski definition) is 1. The minimum atomic E-state index is -0.114. The molecular formula is C37H37ClN4O3S. The number of carbonyl (C=O) groups excluding carboxylic acids is 1. The minimum absolute atomic E-state index is 0.114. The molecule has 0 bridgehead atoms. The molecule has 0 aliphatic carbocycles. The SMILES string of the molecule is COc1ccc(CCNC(=O)c2ccc(CSc3nc(Cl)cc(N(CCc4ccccc4)Cc4ccccc4)n3)cc2)cc1OC. The van der Waals surface area contributed by atoms with Gasteiger partial charge in [0.25, 0.3) is 5.91 Å². The Bertz CT molecular complexity index is 1710. The minimum Gasteiger partial charge on any atom is -0.493 e. The van der Waals surface area contributed by atoms with Gasteiger partial charge in [-0.3, -0.25) is 4.79 Å². The van der Waals surface area contributed by atoms with Crippen LogP contribution < -0.4 is 19.7 Å². The number of ether oxygens (including phenoxy) is 2. The second kappa shape index (κ2) is 16.7. The molecule has 0 saturated carbocycles. The van der Waals surface area contributed by atoms with E-state index in [0.717, 1.165) is 29.9 Å². The summed E-state index contributed by atoms with van der Waals surface area (Å²) >= 11 is 8.03. The van der Waals surface area contributed by atoms with Crippen molar-refractivity contribution < 1.29 is 14.3 Å². The molecule has 0 radical (unpaired) electrons. The van der Waals surface area contributed by atoms with Crippen molar-refractivity contribution in [3.05, 3.63) is 142 Å². The van der Waals surface area contributed by atoms with E-state index >= 15 is 0 Å². The molecule has 1 amide bonds. The summed E-state index contributed by atoms with van der Waals surface area (Å²) in [4.78, 5) is 24.4. The highest BCUT2D eigenvalue weighted by Gasteiger charge is 2.14. The quantitative estimate of drug-likeness (QED) is 0.0707. The van der Waals surface area contributed by atoms with Gasteiger partial charge in [-0.15, -0.1) is 0 Å². The number of hydrogen-bond acceptors (Lipinski definition) is 7. The lowest BCUT2D eigenvalue weighted by Crippen LogP contribution is -2.26. The maximum absolute atomic E-state index is 12.8. The zero-order valence-electron chi connectivity index (χ0n) is 26.0. The number of halogens is 1. The van der Waals surface area contributed by atoms with E-state index in [4.69, 9.17) is 26.1 Å². The highest BCUT2D eigenvalue weighted by atomic mass is 35.5. The molecule has 0 atom stereocenters. The molecule has 0 spiro atoms. The lowest BCUT2D eigenvalue weighted by atomic mass is 10.1. The van der Waals surface area contributed by atoms with Gasteiger partial charge in [0, 0.05) is 37.0 Å². The second-order valence-corrected chi connectivity index (χ2v) is 12.0. The van der Waals surface area contributed by atoms with E-state index in [-0.39, 0.29) is 5.91 Å². The van der Waals surface area contributed by atoms with Gasteiger partial charge in [-0.2, -0.15) is 0 Å². The lowest BCUT2D eigenvalue weighted by Gasteiger charge is -2.24. The summed E-state index contributed by atoms with van der Waals surface area (Å²) in [5, 5.41) is 4.01. The first-order valence-corrected chi connectivity index (χ1v) is 16.5. The van der Waals surface area contributed by atoms with Crippen LogP contribution in [0.25, 0.3) is 0 Å². The number of aromatic nitrogens is 2. The van der Waals surface area contributed by atoms with Gasteiger partial charge in [0.15, 0.2) is 16.7 Å². The van der Waals surface area contributed by atoms with Crippen molar-refractivity contribution in [1.29, 1.82) is 0 Å². The molecule has 0 saturated heterocycles. The number of anilines is 1. The van der Waals surface area contributed by atoms with Crippen LogP contribution in [-0.4, -0.2) is 43.2 Å². The molecule has 9 heteroatoms. The van der Waals surface area contributed by atoms with Gasteiger partial charge in [-0.05, 0) is 59.4 Å². The first-order chi connectivity index (χ1) is 22.5. The van der Waals surface area contributed by atoms with Gasteiger partial charge in [0.1, 0.15) is 11.0 Å². The van der Waals surface area contributed by atoms with Crippen molar-refractivity contribution >= 4 is 35.1 Å². The fourth-order valence-electron chi connectivity index (χ4n) is 4.96. The third-order valence-electron chi connectivity index (χ3n) is 7.45. The van der Waals surface area contributed by atoms with Crippen LogP contribution in [-0.2, 0) is 25.1 Å². The summed E-state index contributed by atoms with van der Waals surface area (Å²) < 4.78 is 10.7. The van der Waals surface area contributed by atoms with E-state index in [9.17, 15) is 4.79 Å². The fraction of sp³-hybridized carbons (Fsp3) is 0.216. The summed E-state index contributed by atoms with van der Waals surface area (Å²) in [6.07, 6.45) is 1.56. The predicted octanol–water partition coefficient (Wildman–Crippen LogP) is 7.66. The van der Waals surface area contributed by atoms with Gasteiger partial charge in [0.2, 0.25) is 0 Å². The Morgan fingerprint density at radius 3 is 2.13 bits per heavy atom. The predicted molar refractivity (Wildman–Crippen MR) is 186 cm³/mol. The van der Waals surface area contributed by atoms with Crippen molar-refractivity contribution in [2.24, 2.45) is 0 Å². The molecule has 0 aliphatic heterocycles. The first kappa shape index (κ1) is 32.9. The highest BCUT2D eigenvalue weighted by molar-refractivity contribution is 7.98. The molecule has 1 N–H and O–H groups in total. The van der Waals surface area contributed by atoms with Gasteiger partial charge in [-0.25, -0.2) is 9.97 Å². The van der Waals surface area contributed by atoms with Crippen LogP contribution in [0.4, 0.5) is 5.82 Å². The van der Waals surface area contributed by atoms with Crippen molar-refractivity contribution in [2.45, 2.75) is 30.3 Å². The summed E-state index contributed by atoms with van der Waals surface area (Å²) in [6.45, 7) is 2.00. The molecule has 0 fully saturated rings. The monoisotopic (exact) mass is 652 g/mol. The number of benzene rings is 4. The molecule has 5 rings (SSSR count). The van der Waals surface area contributed by atoms with Crippen molar-refractivity contribution in [1.82, 2.24) is 15.3 Å². The highest BCUT2D eigenvalue weighted by Crippen LogP contribution is 2.28. The van der Waals surface area contributed by atoms with E-state index in [1.165, 1.54) is 22.9 Å². The van der Waals surface area contributed by atoms with Gasteiger partial charge in [-0.1, -0.05) is 102 Å². The Kier molecular flexibility index (Phi) is 11.9. The largest absolute Gasteiger partial charge is 0.493 e. The number of amides is 1. The molecule has 5 aromatic rings. The maximum atomic E-state index is 12.8. The summed E-state index contributed by atoms with van der Waals surface area (Å²) in [5.41, 5.74) is 5.19. The van der Waals surface area contributed by atoms with Crippen molar-refractivity contribution in [3.8, 4) is 11.5 Å². The van der Waals surface area contributed by atoms with E-state index in [1.807, 2.05) is 72.8 Å². The van der Waals surface area contributed by atoms with Crippen LogP contribution >= 0.6 is 23.4 Å². The zero-order chi connectivity index (χ0) is 32.1. The number of methoxy groups -OCH3 is 2. The number of nitrogens with one attached hydrogen (secondary N) is 1. The Morgan fingerprint density at radius 2 is 1.43 bits per heavy atom. The molecule has 1 aromatic heterocycles. The zero-order valence-corrected chi connectivity index (χ0v) is 27.6. The van der Waals surface area contributed by atoms with E-state index in [0.29, 0.717) is 52.6 Å². The van der Waals surface area contributed by atoms with E-state index < -0.39 is 0 Å². The average molecular weight is 653 g/mol. The van der Waals surface area contributed by atoms with Crippen molar-refractivity contribution in [2.75, 3.05) is 32.2 Å². The maximum Gasteiger partial charge on any atom is 0.251 e. The number of rotatable bonds is 15. The molecule has 236 valence electrons. The smallest absolute Gasteiger partial charge is 0.251 e. The number of nitrogens with zero attached hydrogens (tertiary/aromatic N) is 3. The van der Waals surface area contributed by atoms with Crippen LogP contribution in [0, 0.1) is 0 Å². The van der Waals surface area contributed by atoms with Crippen molar-refractivity contribution in [3.63, 3.8) is 0 Å². The van der Waals surface area contributed by atoms with Crippen LogP contribution in [0.1, 0.15) is 32.6 Å². The van der Waals surface area contributed by atoms with Crippen LogP contribution in [0.3, 0.4) is 0 Å². The summed E-state index contributed by atoms with van der Waals surface area (Å²) in [7, 11) is 3.22. The standard InChI is InChI=1S/C37H37ClN4O3S/c1-44-32-18-15-28(23-33(32)45-2)19-21-39-36(43)31-16-13-30(14-17-31)26-46-37-40-34(38)24-35(41-37)42(25-29-11-7-4-8-12-29)22-20-27-9-5-3-6-10-27/h3-18,23-24H,19-22,25-26H2,1-2H3,(H,39,43). The third kappa shape index (κ3) is 9.49. The number of carbonyl (C=O) groups is 1. The Balaban J connectivity index is 1.18. The molecule has 46 heavy (non-hydrogen) atoms. The Labute approximate surface area is 280 Å². The molecule has 4 aromatic carbocycles. The first-order valence-electron chi connectivity index (χ1n) is 15.1. The topological polar surface area (TPSA) is 76.6 Å².